The normalized spacial score (nSPS) is 16.4. The van der Waals surface area contributed by atoms with Gasteiger partial charge in [0.15, 0.2) is 5.78 Å². The molecule has 0 spiro atoms. The molecule has 0 unspecified atom stereocenters. The predicted octanol–water partition coefficient (Wildman–Crippen LogP) is 3.65. The van der Waals surface area contributed by atoms with Gasteiger partial charge in [-0.15, -0.1) is 0 Å². The Morgan fingerprint density at radius 1 is 1.22 bits per heavy atom. The number of amides is 1. The molecular weight excluding hydrogens is 360 g/mol. The molecule has 0 saturated heterocycles. The molecule has 0 fully saturated rings. The van der Waals surface area contributed by atoms with E-state index in [1.54, 1.807) is 31.4 Å². The van der Waals surface area contributed by atoms with Crippen LogP contribution in [0, 0.1) is 11.3 Å². The van der Waals surface area contributed by atoms with Crippen LogP contribution in [0.5, 0.6) is 5.75 Å². The fourth-order valence-corrected chi connectivity index (χ4v) is 3.87. The summed E-state index contributed by atoms with van der Waals surface area (Å²) in [4.78, 5) is 24.5. The lowest BCUT2D eigenvalue weighted by Crippen LogP contribution is -2.31. The zero-order valence-corrected chi connectivity index (χ0v) is 15.6. The topological polar surface area (TPSA) is 79.2 Å². The average molecular weight is 378 g/mol. The Kier molecular flexibility index (Phi) is 5.94. The van der Waals surface area contributed by atoms with Gasteiger partial charge in [-0.2, -0.15) is 5.26 Å². The number of carbonyl (C=O) groups excluding carboxylic acids is 2. The molecule has 0 aliphatic carbocycles. The molecule has 136 valence electrons. The fraction of sp³-hybridized carbons (Fsp3) is 0.190. The molecule has 1 amide bonds. The minimum absolute atomic E-state index is 0.0498. The molecule has 1 atom stereocenters. The Hall–Kier alpha value is -3.04. The Bertz CT molecular complexity index is 915. The van der Waals surface area contributed by atoms with Crippen molar-refractivity contribution in [2.24, 2.45) is 0 Å². The summed E-state index contributed by atoms with van der Waals surface area (Å²) in [5, 5.41) is 12.9. The van der Waals surface area contributed by atoms with E-state index >= 15 is 0 Å². The molecule has 1 aliphatic rings. The first-order chi connectivity index (χ1) is 13.1. The van der Waals surface area contributed by atoms with Gasteiger partial charge in [0, 0.05) is 17.9 Å². The van der Waals surface area contributed by atoms with Crippen molar-refractivity contribution in [1.82, 2.24) is 5.32 Å². The van der Waals surface area contributed by atoms with Gasteiger partial charge in [-0.25, -0.2) is 0 Å². The SMILES string of the molecule is COc1ccc([C@@H]2CC(=O)NC(SCC(=O)c3ccccc3)=C2C#N)cc1. The summed E-state index contributed by atoms with van der Waals surface area (Å²) in [5.41, 5.74) is 1.96. The number of allylic oxidation sites excluding steroid dienone is 1. The van der Waals surface area contributed by atoms with Gasteiger partial charge in [-0.3, -0.25) is 9.59 Å². The molecule has 0 bridgehead atoms. The first-order valence-corrected chi connectivity index (χ1v) is 9.40. The highest BCUT2D eigenvalue weighted by atomic mass is 32.2. The number of nitrogens with zero attached hydrogens (tertiary/aromatic N) is 1. The van der Waals surface area contributed by atoms with Crippen LogP contribution in [0.2, 0.25) is 0 Å². The van der Waals surface area contributed by atoms with Crippen molar-refractivity contribution in [1.29, 1.82) is 5.26 Å². The molecule has 6 heteroatoms. The summed E-state index contributed by atoms with van der Waals surface area (Å²) in [6.07, 6.45) is 0.200. The van der Waals surface area contributed by atoms with Crippen LogP contribution in [-0.4, -0.2) is 24.6 Å². The van der Waals surface area contributed by atoms with Crippen LogP contribution in [0.4, 0.5) is 0 Å². The third-order valence-electron chi connectivity index (χ3n) is 4.32. The number of rotatable bonds is 6. The maximum Gasteiger partial charge on any atom is 0.225 e. The number of carbonyl (C=O) groups is 2. The number of ether oxygens (including phenoxy) is 1. The first-order valence-electron chi connectivity index (χ1n) is 8.41. The molecule has 2 aromatic rings. The zero-order chi connectivity index (χ0) is 19.2. The van der Waals surface area contributed by atoms with Crippen LogP contribution < -0.4 is 10.1 Å². The second kappa shape index (κ2) is 8.56. The summed E-state index contributed by atoms with van der Waals surface area (Å²) in [7, 11) is 1.59. The highest BCUT2D eigenvalue weighted by Gasteiger charge is 2.29. The standard InChI is InChI=1S/C21H18N2O3S/c1-26-16-9-7-14(8-10-16)17-11-20(25)23-21(18(17)12-22)27-13-19(24)15-5-3-2-4-6-15/h2-10,17H,11,13H2,1H3,(H,23,25)/t17-/m0/s1. The van der Waals surface area contributed by atoms with E-state index in [-0.39, 0.29) is 29.8 Å². The Morgan fingerprint density at radius 2 is 1.93 bits per heavy atom. The van der Waals surface area contributed by atoms with Crippen LogP contribution >= 0.6 is 11.8 Å². The van der Waals surface area contributed by atoms with Gasteiger partial charge in [0.05, 0.1) is 29.5 Å². The second-order valence-electron chi connectivity index (χ2n) is 6.01. The number of thioether (sulfide) groups is 1. The highest BCUT2D eigenvalue weighted by molar-refractivity contribution is 8.03. The molecule has 2 aromatic carbocycles. The number of methoxy groups -OCH3 is 1. The average Bonchev–Trinajstić information content (AvgIpc) is 2.72. The smallest absolute Gasteiger partial charge is 0.225 e. The van der Waals surface area contributed by atoms with Gasteiger partial charge in [0.1, 0.15) is 5.75 Å². The monoisotopic (exact) mass is 378 g/mol. The van der Waals surface area contributed by atoms with Gasteiger partial charge in [-0.1, -0.05) is 54.2 Å². The van der Waals surface area contributed by atoms with Gasteiger partial charge in [-0.05, 0) is 17.7 Å². The lowest BCUT2D eigenvalue weighted by atomic mass is 9.87. The minimum atomic E-state index is -0.330. The summed E-state index contributed by atoms with van der Waals surface area (Å²) < 4.78 is 5.16. The fourth-order valence-electron chi connectivity index (χ4n) is 2.90. The summed E-state index contributed by atoms with van der Waals surface area (Å²) >= 11 is 1.19. The number of nitriles is 1. The zero-order valence-electron chi connectivity index (χ0n) is 14.8. The van der Waals surface area contributed by atoms with Crippen molar-refractivity contribution in [3.05, 3.63) is 76.3 Å². The molecule has 0 radical (unpaired) electrons. The molecule has 1 heterocycles. The van der Waals surface area contributed by atoms with E-state index < -0.39 is 0 Å². The van der Waals surface area contributed by atoms with Crippen molar-refractivity contribution in [2.45, 2.75) is 12.3 Å². The number of hydrogen-bond acceptors (Lipinski definition) is 5. The van der Waals surface area contributed by atoms with Gasteiger partial charge in [0.25, 0.3) is 0 Å². The van der Waals surface area contributed by atoms with Crippen molar-refractivity contribution in [3.63, 3.8) is 0 Å². The van der Waals surface area contributed by atoms with Crippen LogP contribution in [0.15, 0.2) is 65.2 Å². The van der Waals surface area contributed by atoms with Gasteiger partial charge in [0.2, 0.25) is 5.91 Å². The molecule has 0 saturated carbocycles. The first kappa shape index (κ1) is 18.7. The van der Waals surface area contributed by atoms with E-state index in [1.807, 2.05) is 30.3 Å². The Morgan fingerprint density at radius 3 is 2.56 bits per heavy atom. The highest BCUT2D eigenvalue weighted by Crippen LogP contribution is 2.36. The maximum absolute atomic E-state index is 12.3. The third kappa shape index (κ3) is 4.39. The molecule has 5 nitrogen and oxygen atoms in total. The number of nitrogens with one attached hydrogen (secondary N) is 1. The number of ketones is 1. The van der Waals surface area contributed by atoms with E-state index in [4.69, 9.17) is 4.74 Å². The quantitative estimate of drug-likeness (QED) is 0.776. The number of Topliss-reactive ketones (excluding diaryl/α,β-unsaturated/α-hetero) is 1. The van der Waals surface area contributed by atoms with Gasteiger partial charge < -0.3 is 10.1 Å². The predicted molar refractivity (Wildman–Crippen MR) is 104 cm³/mol. The summed E-state index contributed by atoms with van der Waals surface area (Å²) in [5.74, 6) is 0.323. The van der Waals surface area contributed by atoms with Crippen molar-refractivity contribution < 1.29 is 14.3 Å². The van der Waals surface area contributed by atoms with Crippen LogP contribution in [0.1, 0.15) is 28.3 Å². The van der Waals surface area contributed by atoms with Crippen LogP contribution in [-0.2, 0) is 4.79 Å². The molecular formula is C21H18N2O3S. The van der Waals surface area contributed by atoms with Crippen molar-refractivity contribution in [3.8, 4) is 11.8 Å². The van der Waals surface area contributed by atoms with Crippen LogP contribution in [0.25, 0.3) is 0 Å². The molecule has 3 rings (SSSR count). The third-order valence-corrected chi connectivity index (χ3v) is 5.33. The summed E-state index contributed by atoms with van der Waals surface area (Å²) in [6, 6.07) is 18.5. The number of hydrogen-bond donors (Lipinski definition) is 1. The summed E-state index contributed by atoms with van der Waals surface area (Å²) in [6.45, 7) is 0. The van der Waals surface area contributed by atoms with E-state index in [0.717, 1.165) is 5.56 Å². The molecule has 0 aromatic heterocycles. The van der Waals surface area contributed by atoms with E-state index in [2.05, 4.69) is 11.4 Å². The lowest BCUT2D eigenvalue weighted by Gasteiger charge is -2.25. The van der Waals surface area contributed by atoms with E-state index in [0.29, 0.717) is 21.9 Å². The Labute approximate surface area is 162 Å². The van der Waals surface area contributed by atoms with Crippen LogP contribution in [0.3, 0.4) is 0 Å². The van der Waals surface area contributed by atoms with Gasteiger partial charge >= 0.3 is 0 Å². The lowest BCUT2D eigenvalue weighted by molar-refractivity contribution is -0.120. The van der Waals surface area contributed by atoms with E-state index in [1.165, 1.54) is 11.8 Å². The number of benzene rings is 2. The molecule has 27 heavy (non-hydrogen) atoms. The Balaban J connectivity index is 1.82. The molecule has 1 aliphatic heterocycles. The van der Waals surface area contributed by atoms with E-state index in [9.17, 15) is 14.9 Å². The van der Waals surface area contributed by atoms with Crippen molar-refractivity contribution >= 4 is 23.5 Å². The van der Waals surface area contributed by atoms with Crippen molar-refractivity contribution in [2.75, 3.05) is 12.9 Å². The minimum Gasteiger partial charge on any atom is -0.497 e. The maximum atomic E-state index is 12.3. The molecule has 1 N–H and O–H groups in total. The largest absolute Gasteiger partial charge is 0.497 e. The second-order valence-corrected chi connectivity index (χ2v) is 7.00.